The Hall–Kier alpha value is -2.70. The molecular formula is C20H25FN4O2. The second-order valence-corrected chi connectivity index (χ2v) is 7.04. The summed E-state index contributed by atoms with van der Waals surface area (Å²) in [6.45, 7) is 5.65. The van der Waals surface area contributed by atoms with Crippen molar-refractivity contribution >= 4 is 17.3 Å². The molecule has 1 fully saturated rings. The molecule has 0 saturated carbocycles. The number of aromatic nitrogens is 2. The van der Waals surface area contributed by atoms with Crippen LogP contribution in [0.15, 0.2) is 35.3 Å². The van der Waals surface area contributed by atoms with Crippen molar-refractivity contribution in [1.82, 2.24) is 9.78 Å². The topological polar surface area (TPSA) is 67.2 Å². The standard InChI is InChI=1S/C20H25FN4O2/c1-3-25-20(27)11-17(12-22-25)24-8-4-5-15(13-24)9-19(26)23-16-7-6-14(2)18(21)10-16/h6-7,10-12,15H,3-5,8-9,13H2,1-2H3,(H,23,26). The van der Waals surface area contributed by atoms with E-state index in [2.05, 4.69) is 15.3 Å². The Morgan fingerprint density at radius 3 is 2.89 bits per heavy atom. The number of nitrogens with zero attached hydrogens (tertiary/aromatic N) is 3. The zero-order chi connectivity index (χ0) is 19.4. The third-order valence-corrected chi connectivity index (χ3v) is 4.97. The van der Waals surface area contributed by atoms with Gasteiger partial charge in [0.1, 0.15) is 5.82 Å². The van der Waals surface area contributed by atoms with Crippen LogP contribution >= 0.6 is 0 Å². The van der Waals surface area contributed by atoms with Gasteiger partial charge in [-0.2, -0.15) is 5.10 Å². The van der Waals surface area contributed by atoms with E-state index >= 15 is 0 Å². The van der Waals surface area contributed by atoms with E-state index in [0.717, 1.165) is 25.1 Å². The molecule has 1 unspecified atom stereocenters. The van der Waals surface area contributed by atoms with Crippen molar-refractivity contribution in [2.24, 2.45) is 5.92 Å². The van der Waals surface area contributed by atoms with E-state index in [0.29, 0.717) is 30.8 Å². The number of amides is 1. The lowest BCUT2D eigenvalue weighted by Crippen LogP contribution is -2.38. The number of halogens is 1. The van der Waals surface area contributed by atoms with Crippen LogP contribution in [0.5, 0.6) is 0 Å². The minimum atomic E-state index is -0.328. The van der Waals surface area contributed by atoms with Gasteiger partial charge in [-0.1, -0.05) is 6.07 Å². The van der Waals surface area contributed by atoms with Crippen LogP contribution in [0, 0.1) is 18.7 Å². The second-order valence-electron chi connectivity index (χ2n) is 7.04. The first-order chi connectivity index (χ1) is 13.0. The van der Waals surface area contributed by atoms with E-state index in [-0.39, 0.29) is 23.2 Å². The molecule has 2 heterocycles. The van der Waals surface area contributed by atoms with Gasteiger partial charge in [-0.15, -0.1) is 0 Å². The van der Waals surface area contributed by atoms with E-state index in [1.54, 1.807) is 31.3 Å². The van der Waals surface area contributed by atoms with Gasteiger partial charge in [-0.3, -0.25) is 9.59 Å². The maximum atomic E-state index is 13.6. The Morgan fingerprint density at radius 2 is 2.19 bits per heavy atom. The number of carbonyl (C=O) groups excluding carboxylic acids is 1. The Labute approximate surface area is 158 Å². The van der Waals surface area contributed by atoms with Crippen LogP contribution in [0.3, 0.4) is 0 Å². The van der Waals surface area contributed by atoms with E-state index in [1.807, 2.05) is 6.92 Å². The van der Waals surface area contributed by atoms with E-state index in [9.17, 15) is 14.0 Å². The fourth-order valence-corrected chi connectivity index (χ4v) is 3.45. The number of carbonyl (C=O) groups is 1. The fraction of sp³-hybridized carbons (Fsp3) is 0.450. The van der Waals surface area contributed by atoms with Crippen molar-refractivity contribution in [1.29, 1.82) is 0 Å². The van der Waals surface area contributed by atoms with Crippen LogP contribution in [0.2, 0.25) is 0 Å². The Morgan fingerprint density at radius 1 is 1.37 bits per heavy atom. The van der Waals surface area contributed by atoms with Gasteiger partial charge in [-0.25, -0.2) is 9.07 Å². The predicted octanol–water partition coefficient (Wildman–Crippen LogP) is 2.96. The normalized spacial score (nSPS) is 17.0. The summed E-state index contributed by atoms with van der Waals surface area (Å²) in [7, 11) is 0. The Balaban J connectivity index is 1.60. The van der Waals surface area contributed by atoms with Gasteiger partial charge in [0.25, 0.3) is 5.56 Å². The molecule has 1 aromatic carbocycles. The van der Waals surface area contributed by atoms with Crippen LogP contribution in [0.25, 0.3) is 0 Å². The molecule has 0 bridgehead atoms. The number of anilines is 2. The highest BCUT2D eigenvalue weighted by Gasteiger charge is 2.23. The third-order valence-electron chi connectivity index (χ3n) is 4.97. The lowest BCUT2D eigenvalue weighted by Gasteiger charge is -2.33. The van der Waals surface area contributed by atoms with Crippen molar-refractivity contribution < 1.29 is 9.18 Å². The molecule has 3 rings (SSSR count). The molecule has 1 aliphatic rings. The first kappa shape index (κ1) is 19.1. The number of hydrogen-bond acceptors (Lipinski definition) is 4. The second kappa shape index (κ2) is 8.33. The van der Waals surface area contributed by atoms with Crippen LogP contribution < -0.4 is 15.8 Å². The molecule has 0 spiro atoms. The summed E-state index contributed by atoms with van der Waals surface area (Å²) in [6, 6.07) is 6.31. The number of benzene rings is 1. The summed E-state index contributed by atoms with van der Waals surface area (Å²) in [5.41, 5.74) is 1.71. The molecule has 1 amide bonds. The molecule has 2 aromatic rings. The van der Waals surface area contributed by atoms with E-state index < -0.39 is 0 Å². The molecule has 0 radical (unpaired) electrons. The Kier molecular flexibility index (Phi) is 5.88. The highest BCUT2D eigenvalue weighted by atomic mass is 19.1. The van der Waals surface area contributed by atoms with Gasteiger partial charge in [0.05, 0.1) is 11.9 Å². The monoisotopic (exact) mass is 372 g/mol. The van der Waals surface area contributed by atoms with Crippen molar-refractivity contribution in [3.8, 4) is 0 Å². The summed E-state index contributed by atoms with van der Waals surface area (Å²) in [5.74, 6) is -0.266. The molecule has 1 N–H and O–H groups in total. The van der Waals surface area contributed by atoms with Crippen LogP contribution in [0.4, 0.5) is 15.8 Å². The first-order valence-corrected chi connectivity index (χ1v) is 9.34. The van der Waals surface area contributed by atoms with Gasteiger partial charge >= 0.3 is 0 Å². The number of piperidine rings is 1. The van der Waals surface area contributed by atoms with E-state index in [4.69, 9.17) is 0 Å². The van der Waals surface area contributed by atoms with Gasteiger partial charge < -0.3 is 10.2 Å². The summed E-state index contributed by atoms with van der Waals surface area (Å²) >= 11 is 0. The molecule has 1 saturated heterocycles. The maximum Gasteiger partial charge on any atom is 0.268 e. The predicted molar refractivity (Wildman–Crippen MR) is 103 cm³/mol. The molecule has 1 aromatic heterocycles. The fourth-order valence-electron chi connectivity index (χ4n) is 3.45. The minimum Gasteiger partial charge on any atom is -0.370 e. The number of hydrogen-bond donors (Lipinski definition) is 1. The van der Waals surface area contributed by atoms with Gasteiger partial charge in [0, 0.05) is 37.8 Å². The SMILES string of the molecule is CCn1ncc(N2CCCC(CC(=O)Nc3ccc(C)c(F)c3)C2)cc1=O. The molecular weight excluding hydrogens is 347 g/mol. The van der Waals surface area contributed by atoms with Crippen molar-refractivity contribution in [2.45, 2.75) is 39.7 Å². The molecule has 1 atom stereocenters. The molecule has 6 nitrogen and oxygen atoms in total. The summed E-state index contributed by atoms with van der Waals surface area (Å²) in [5, 5.41) is 6.95. The zero-order valence-corrected chi connectivity index (χ0v) is 15.7. The number of rotatable bonds is 5. The largest absolute Gasteiger partial charge is 0.370 e. The average molecular weight is 372 g/mol. The number of aryl methyl sites for hydroxylation is 2. The van der Waals surface area contributed by atoms with Crippen LogP contribution in [-0.2, 0) is 11.3 Å². The molecule has 0 aliphatic carbocycles. The smallest absolute Gasteiger partial charge is 0.268 e. The first-order valence-electron chi connectivity index (χ1n) is 9.34. The van der Waals surface area contributed by atoms with Gasteiger partial charge in [0.2, 0.25) is 5.91 Å². The van der Waals surface area contributed by atoms with Gasteiger partial charge in [-0.05, 0) is 50.3 Å². The Bertz CT molecular complexity index is 881. The quantitative estimate of drug-likeness (QED) is 0.876. The van der Waals surface area contributed by atoms with Gasteiger partial charge in [0.15, 0.2) is 0 Å². The van der Waals surface area contributed by atoms with E-state index in [1.165, 1.54) is 10.7 Å². The average Bonchev–Trinajstić information content (AvgIpc) is 2.65. The van der Waals surface area contributed by atoms with Crippen LogP contribution in [0.1, 0.15) is 31.7 Å². The van der Waals surface area contributed by atoms with Crippen molar-refractivity contribution in [2.75, 3.05) is 23.3 Å². The summed E-state index contributed by atoms with van der Waals surface area (Å²) < 4.78 is 15.0. The van der Waals surface area contributed by atoms with Crippen molar-refractivity contribution in [3.05, 3.63) is 52.2 Å². The summed E-state index contributed by atoms with van der Waals surface area (Å²) in [4.78, 5) is 26.5. The molecule has 27 heavy (non-hydrogen) atoms. The van der Waals surface area contributed by atoms with Crippen LogP contribution in [-0.4, -0.2) is 28.8 Å². The molecule has 1 aliphatic heterocycles. The minimum absolute atomic E-state index is 0.115. The lowest BCUT2D eigenvalue weighted by atomic mass is 9.94. The number of nitrogens with one attached hydrogen (secondary N) is 1. The maximum absolute atomic E-state index is 13.6. The highest BCUT2D eigenvalue weighted by Crippen LogP contribution is 2.24. The highest BCUT2D eigenvalue weighted by molar-refractivity contribution is 5.90. The lowest BCUT2D eigenvalue weighted by molar-refractivity contribution is -0.117. The zero-order valence-electron chi connectivity index (χ0n) is 15.7. The van der Waals surface area contributed by atoms with Crippen molar-refractivity contribution in [3.63, 3.8) is 0 Å². The summed E-state index contributed by atoms with van der Waals surface area (Å²) in [6.07, 6.45) is 3.98. The molecule has 144 valence electrons. The molecule has 7 heteroatoms. The third kappa shape index (κ3) is 4.72.